The first kappa shape index (κ1) is 28.4. The van der Waals surface area contributed by atoms with Gasteiger partial charge in [0.25, 0.3) is 0 Å². The van der Waals surface area contributed by atoms with E-state index in [1.165, 1.54) is 0 Å². The van der Waals surface area contributed by atoms with Gasteiger partial charge >= 0.3 is 5.97 Å². The Balaban J connectivity index is 0.00000216. The first-order valence-electron chi connectivity index (χ1n) is 10.9. The molecule has 2 atom stereocenters. The predicted molar refractivity (Wildman–Crippen MR) is 146 cm³/mol. The van der Waals surface area contributed by atoms with Crippen molar-refractivity contribution in [2.75, 3.05) is 13.1 Å². The highest BCUT2D eigenvalue weighted by Gasteiger charge is 2.24. The molecular formula is C25H30Cl2N4O3S. The molecule has 2 heterocycles. The van der Waals surface area contributed by atoms with E-state index in [9.17, 15) is 9.90 Å². The normalized spacial score (nSPS) is 15.7. The standard InChI is InChI=1S/C25H28N4O3S.2ClH/c1-15(26)29-9-8-21(14-29)32-20-5-2-16(3-6-20)18(13-24(30)31)11-22-12-19-10-17(25(27)28)4-7-23(19)33-22;;/h2-7,10,12,18,21,26H,8-9,11,13-14H2,1H3,(H3,27,28)(H,30,31);2*1H/t18?,21-;;/m0../s1. The van der Waals surface area contributed by atoms with E-state index in [-0.39, 0.29) is 49.1 Å². The Morgan fingerprint density at radius 2 is 1.91 bits per heavy atom. The van der Waals surface area contributed by atoms with Gasteiger partial charge in [-0.3, -0.25) is 15.6 Å². The molecule has 2 aromatic carbocycles. The van der Waals surface area contributed by atoms with Crippen molar-refractivity contribution in [1.82, 2.24) is 4.90 Å². The summed E-state index contributed by atoms with van der Waals surface area (Å²) in [6, 6.07) is 15.5. The number of thiophene rings is 1. The molecule has 7 nitrogen and oxygen atoms in total. The molecule has 1 fully saturated rings. The third kappa shape index (κ3) is 7.10. The van der Waals surface area contributed by atoms with E-state index in [1.807, 2.05) is 47.4 Å². The molecule has 10 heteroatoms. The summed E-state index contributed by atoms with van der Waals surface area (Å²) >= 11 is 1.64. The summed E-state index contributed by atoms with van der Waals surface area (Å²) < 4.78 is 7.18. The van der Waals surface area contributed by atoms with Crippen LogP contribution < -0.4 is 10.5 Å². The number of carbonyl (C=O) groups is 1. The fraction of sp³-hybridized carbons (Fsp3) is 0.320. The number of likely N-dealkylation sites (tertiary alicyclic amines) is 1. The van der Waals surface area contributed by atoms with Crippen LogP contribution in [0.15, 0.2) is 48.5 Å². The number of carboxylic acid groups (broad SMARTS) is 1. The minimum absolute atomic E-state index is 0. The number of nitrogens with two attached hydrogens (primary N) is 1. The second kappa shape index (κ2) is 12.2. The number of nitrogens with one attached hydrogen (secondary N) is 2. The second-order valence-corrected chi connectivity index (χ2v) is 9.68. The van der Waals surface area contributed by atoms with Crippen molar-refractivity contribution in [3.8, 4) is 5.75 Å². The van der Waals surface area contributed by atoms with Crippen LogP contribution >= 0.6 is 36.2 Å². The molecule has 5 N–H and O–H groups in total. The van der Waals surface area contributed by atoms with Gasteiger partial charge < -0.3 is 20.5 Å². The Bertz CT molecular complexity index is 1200. The number of amidine groups is 2. The third-order valence-corrected chi connectivity index (χ3v) is 7.16. The molecule has 188 valence electrons. The van der Waals surface area contributed by atoms with E-state index < -0.39 is 5.97 Å². The van der Waals surface area contributed by atoms with E-state index in [1.54, 1.807) is 18.3 Å². The highest BCUT2D eigenvalue weighted by molar-refractivity contribution is 7.19. The second-order valence-electron chi connectivity index (χ2n) is 8.51. The molecule has 0 radical (unpaired) electrons. The lowest BCUT2D eigenvalue weighted by Gasteiger charge is -2.18. The Morgan fingerprint density at radius 3 is 2.51 bits per heavy atom. The van der Waals surface area contributed by atoms with Gasteiger partial charge in [-0.05, 0) is 66.6 Å². The highest BCUT2D eigenvalue weighted by Crippen LogP contribution is 2.33. The number of hydrogen-bond donors (Lipinski definition) is 4. The van der Waals surface area contributed by atoms with Crippen molar-refractivity contribution in [2.24, 2.45) is 5.73 Å². The van der Waals surface area contributed by atoms with Crippen LogP contribution in [0.5, 0.6) is 5.75 Å². The number of aliphatic carboxylic acids is 1. The van der Waals surface area contributed by atoms with Gasteiger partial charge in [-0.15, -0.1) is 36.2 Å². The lowest BCUT2D eigenvalue weighted by molar-refractivity contribution is -0.137. The monoisotopic (exact) mass is 536 g/mol. The largest absolute Gasteiger partial charge is 0.489 e. The fourth-order valence-corrected chi connectivity index (χ4v) is 5.39. The molecular weight excluding hydrogens is 507 g/mol. The molecule has 1 saturated heterocycles. The Labute approximate surface area is 221 Å². The van der Waals surface area contributed by atoms with E-state index in [2.05, 4.69) is 6.07 Å². The average molecular weight is 538 g/mol. The maximum absolute atomic E-state index is 11.6. The van der Waals surface area contributed by atoms with Gasteiger partial charge in [-0.2, -0.15) is 0 Å². The van der Waals surface area contributed by atoms with E-state index in [0.717, 1.165) is 45.8 Å². The number of nitrogens with zero attached hydrogens (tertiary/aromatic N) is 1. The molecule has 0 amide bonds. The summed E-state index contributed by atoms with van der Waals surface area (Å²) in [4.78, 5) is 14.7. The molecule has 4 rings (SSSR count). The molecule has 1 aliphatic heterocycles. The number of ether oxygens (including phenoxy) is 1. The quantitative estimate of drug-likeness (QED) is 0.230. The van der Waals surface area contributed by atoms with Crippen molar-refractivity contribution in [2.45, 2.75) is 38.2 Å². The first-order valence-corrected chi connectivity index (χ1v) is 11.8. The van der Waals surface area contributed by atoms with Crippen molar-refractivity contribution in [1.29, 1.82) is 10.8 Å². The predicted octanol–water partition coefficient (Wildman–Crippen LogP) is 5.28. The van der Waals surface area contributed by atoms with Crippen molar-refractivity contribution < 1.29 is 14.6 Å². The van der Waals surface area contributed by atoms with Gasteiger partial charge in [-0.25, -0.2) is 0 Å². The summed E-state index contributed by atoms with van der Waals surface area (Å²) in [5.74, 6) is 0.384. The summed E-state index contributed by atoms with van der Waals surface area (Å²) in [6.07, 6.45) is 1.61. The number of hydrogen-bond acceptors (Lipinski definition) is 5. The summed E-state index contributed by atoms with van der Waals surface area (Å²) in [5.41, 5.74) is 7.26. The molecule has 1 aliphatic rings. The Morgan fingerprint density at radius 1 is 1.20 bits per heavy atom. The van der Waals surface area contributed by atoms with Gasteiger partial charge in [0.2, 0.25) is 0 Å². The molecule has 1 unspecified atom stereocenters. The van der Waals surface area contributed by atoms with Crippen LogP contribution in [-0.4, -0.2) is 46.8 Å². The fourth-order valence-electron chi connectivity index (χ4n) is 4.27. The number of carboxylic acids is 1. The lowest BCUT2D eigenvalue weighted by Crippen LogP contribution is -2.28. The van der Waals surface area contributed by atoms with Gasteiger partial charge in [0.1, 0.15) is 17.7 Å². The molecule has 0 spiro atoms. The van der Waals surface area contributed by atoms with Gasteiger partial charge in [0.15, 0.2) is 0 Å². The van der Waals surface area contributed by atoms with E-state index in [0.29, 0.717) is 17.8 Å². The van der Waals surface area contributed by atoms with Crippen LogP contribution in [-0.2, 0) is 11.2 Å². The van der Waals surface area contributed by atoms with Gasteiger partial charge in [0, 0.05) is 28.1 Å². The smallest absolute Gasteiger partial charge is 0.303 e. The van der Waals surface area contributed by atoms with Crippen LogP contribution in [0.1, 0.15) is 41.7 Å². The van der Waals surface area contributed by atoms with Crippen LogP contribution in [0, 0.1) is 10.8 Å². The SMILES string of the molecule is CC(=N)N1CC[C@H](Oc2ccc(C(CC(=O)O)Cc3cc4cc(C(=N)N)ccc4s3)cc2)C1.Cl.Cl. The third-order valence-electron chi connectivity index (χ3n) is 6.02. The number of fused-ring (bicyclic) bond motifs is 1. The highest BCUT2D eigenvalue weighted by atomic mass is 35.5. The molecule has 3 aromatic rings. The molecule has 35 heavy (non-hydrogen) atoms. The van der Waals surface area contributed by atoms with Gasteiger partial charge in [0.05, 0.1) is 18.8 Å². The molecule has 0 aliphatic carbocycles. The number of rotatable bonds is 8. The van der Waals surface area contributed by atoms with Crippen molar-refractivity contribution in [3.05, 3.63) is 64.5 Å². The van der Waals surface area contributed by atoms with Crippen molar-refractivity contribution >= 4 is 63.9 Å². The lowest BCUT2D eigenvalue weighted by atomic mass is 9.91. The van der Waals surface area contributed by atoms with Crippen molar-refractivity contribution in [3.63, 3.8) is 0 Å². The number of nitrogen functional groups attached to an aromatic ring is 1. The maximum Gasteiger partial charge on any atom is 0.303 e. The Kier molecular flexibility index (Phi) is 9.94. The van der Waals surface area contributed by atoms with Gasteiger partial charge in [-0.1, -0.05) is 12.1 Å². The minimum atomic E-state index is -0.826. The van der Waals surface area contributed by atoms with Crippen LogP contribution in [0.25, 0.3) is 10.1 Å². The zero-order valence-electron chi connectivity index (χ0n) is 19.3. The summed E-state index contributed by atoms with van der Waals surface area (Å²) in [5, 5.41) is 25.9. The number of halogens is 2. The van der Waals surface area contributed by atoms with Crippen LogP contribution in [0.2, 0.25) is 0 Å². The van der Waals surface area contributed by atoms with Crippen LogP contribution in [0.3, 0.4) is 0 Å². The maximum atomic E-state index is 11.6. The molecule has 0 saturated carbocycles. The molecule has 0 bridgehead atoms. The first-order chi connectivity index (χ1) is 15.8. The minimum Gasteiger partial charge on any atom is -0.489 e. The zero-order valence-corrected chi connectivity index (χ0v) is 21.8. The summed E-state index contributed by atoms with van der Waals surface area (Å²) in [7, 11) is 0. The van der Waals surface area contributed by atoms with E-state index >= 15 is 0 Å². The topological polar surface area (TPSA) is 123 Å². The molecule has 1 aromatic heterocycles. The Hall–Kier alpha value is -2.81. The van der Waals surface area contributed by atoms with Crippen LogP contribution in [0.4, 0.5) is 0 Å². The van der Waals surface area contributed by atoms with E-state index in [4.69, 9.17) is 21.3 Å². The summed E-state index contributed by atoms with van der Waals surface area (Å²) in [6.45, 7) is 3.34. The zero-order chi connectivity index (χ0) is 23.5. The average Bonchev–Trinajstić information content (AvgIpc) is 3.39. The number of benzene rings is 2.